The third kappa shape index (κ3) is 7.45. The van der Waals surface area contributed by atoms with E-state index in [2.05, 4.69) is 58.6 Å². The molecule has 2 N–H and O–H groups in total. The first-order valence-electron chi connectivity index (χ1n) is 9.52. The quantitative estimate of drug-likeness (QED) is 0.432. The molecule has 2 rings (SSSR count). The van der Waals surface area contributed by atoms with E-state index >= 15 is 0 Å². The molecule has 25 heavy (non-hydrogen) atoms. The van der Waals surface area contributed by atoms with Gasteiger partial charge in [0.1, 0.15) is 0 Å². The van der Waals surface area contributed by atoms with Crippen LogP contribution < -0.4 is 10.6 Å². The van der Waals surface area contributed by atoms with Crippen LogP contribution in [0.15, 0.2) is 29.3 Å². The molecule has 0 aromatic heterocycles. The van der Waals surface area contributed by atoms with Crippen molar-refractivity contribution in [3.63, 3.8) is 0 Å². The van der Waals surface area contributed by atoms with Gasteiger partial charge in [-0.2, -0.15) is 0 Å². The summed E-state index contributed by atoms with van der Waals surface area (Å²) in [7, 11) is 1.71. The molecule has 1 aromatic rings. The van der Waals surface area contributed by atoms with Crippen LogP contribution in [0.5, 0.6) is 0 Å². The van der Waals surface area contributed by atoms with Crippen molar-refractivity contribution in [2.45, 2.75) is 39.8 Å². The highest BCUT2D eigenvalue weighted by atomic mass is 16.5. The van der Waals surface area contributed by atoms with Crippen molar-refractivity contribution in [1.82, 2.24) is 15.5 Å². The number of methoxy groups -OCH3 is 1. The number of rotatable bonds is 8. The topological polar surface area (TPSA) is 48.9 Å². The lowest BCUT2D eigenvalue weighted by atomic mass is 9.99. The summed E-state index contributed by atoms with van der Waals surface area (Å²) >= 11 is 0. The molecular formula is C20H34N4O. The second-order valence-corrected chi connectivity index (χ2v) is 6.91. The minimum atomic E-state index is 0.675. The minimum absolute atomic E-state index is 0.675. The summed E-state index contributed by atoms with van der Waals surface area (Å²) in [6.07, 6.45) is 2.71. The van der Waals surface area contributed by atoms with Gasteiger partial charge in [-0.3, -0.25) is 4.90 Å². The molecule has 1 saturated heterocycles. The van der Waals surface area contributed by atoms with E-state index in [9.17, 15) is 0 Å². The first-order valence-corrected chi connectivity index (χ1v) is 9.52. The van der Waals surface area contributed by atoms with Crippen molar-refractivity contribution >= 4 is 5.96 Å². The van der Waals surface area contributed by atoms with Crippen molar-refractivity contribution in [2.24, 2.45) is 10.9 Å². The van der Waals surface area contributed by atoms with E-state index in [4.69, 9.17) is 4.74 Å². The Bertz CT molecular complexity index is 515. The van der Waals surface area contributed by atoms with Gasteiger partial charge in [-0.25, -0.2) is 4.99 Å². The maximum absolute atomic E-state index is 5.07. The molecule has 1 unspecified atom stereocenters. The Labute approximate surface area is 152 Å². The second kappa shape index (κ2) is 11.1. The third-order valence-electron chi connectivity index (χ3n) is 4.53. The number of hydrogen-bond acceptors (Lipinski definition) is 3. The Morgan fingerprint density at radius 3 is 2.68 bits per heavy atom. The lowest BCUT2D eigenvalue weighted by Crippen LogP contribution is -2.38. The number of aliphatic imine (C=N–C) groups is 1. The molecule has 0 saturated carbocycles. The first kappa shape index (κ1) is 19.7. The number of ether oxygens (including phenoxy) is 1. The molecule has 1 atom stereocenters. The fraction of sp³-hybridized carbons (Fsp3) is 0.650. The van der Waals surface area contributed by atoms with E-state index in [1.165, 1.54) is 37.1 Å². The number of piperidine rings is 1. The lowest BCUT2D eigenvalue weighted by molar-refractivity contribution is 0.176. The van der Waals surface area contributed by atoms with E-state index in [1.807, 2.05) is 0 Å². The summed E-state index contributed by atoms with van der Waals surface area (Å²) in [5.41, 5.74) is 2.63. The standard InChI is InChI=1S/C20H34N4O/c1-4-21-20(22-11-13-25-3)23-14-18-7-9-19(10-8-18)16-24-12-5-6-17(2)15-24/h7-10,17H,4-6,11-16H2,1-3H3,(H2,21,22,23). The molecule has 5 heteroatoms. The van der Waals surface area contributed by atoms with E-state index in [0.29, 0.717) is 13.2 Å². The fourth-order valence-electron chi connectivity index (χ4n) is 3.22. The molecule has 1 aliphatic heterocycles. The normalized spacial score (nSPS) is 19.0. The number of hydrogen-bond donors (Lipinski definition) is 2. The van der Waals surface area contributed by atoms with Crippen LogP contribution in [0.3, 0.4) is 0 Å². The summed E-state index contributed by atoms with van der Waals surface area (Å²) in [6, 6.07) is 8.89. The molecule has 1 aliphatic rings. The van der Waals surface area contributed by atoms with Crippen LogP contribution >= 0.6 is 0 Å². The van der Waals surface area contributed by atoms with Gasteiger partial charge in [0.15, 0.2) is 5.96 Å². The summed E-state index contributed by atoms with van der Waals surface area (Å²) < 4.78 is 5.07. The van der Waals surface area contributed by atoms with Gasteiger partial charge in [-0.15, -0.1) is 0 Å². The Morgan fingerprint density at radius 1 is 1.24 bits per heavy atom. The fourth-order valence-corrected chi connectivity index (χ4v) is 3.22. The molecule has 0 bridgehead atoms. The van der Waals surface area contributed by atoms with Gasteiger partial charge < -0.3 is 15.4 Å². The molecule has 0 spiro atoms. The highest BCUT2D eigenvalue weighted by molar-refractivity contribution is 5.79. The summed E-state index contributed by atoms with van der Waals surface area (Å²) in [4.78, 5) is 7.21. The molecule has 1 heterocycles. The maximum Gasteiger partial charge on any atom is 0.191 e. The van der Waals surface area contributed by atoms with Gasteiger partial charge in [0.25, 0.3) is 0 Å². The van der Waals surface area contributed by atoms with E-state index in [0.717, 1.165) is 31.5 Å². The lowest BCUT2D eigenvalue weighted by Gasteiger charge is -2.30. The second-order valence-electron chi connectivity index (χ2n) is 6.91. The number of nitrogens with one attached hydrogen (secondary N) is 2. The SMILES string of the molecule is CCNC(=NCc1ccc(CN2CCCC(C)C2)cc1)NCCOC. The average molecular weight is 347 g/mol. The number of benzene rings is 1. The third-order valence-corrected chi connectivity index (χ3v) is 4.53. The van der Waals surface area contributed by atoms with Crippen LogP contribution in [0, 0.1) is 5.92 Å². The number of guanidine groups is 1. The Balaban J connectivity index is 1.84. The van der Waals surface area contributed by atoms with Crippen molar-refractivity contribution in [2.75, 3.05) is 39.9 Å². The van der Waals surface area contributed by atoms with Gasteiger partial charge in [-0.05, 0) is 43.4 Å². The number of likely N-dealkylation sites (tertiary alicyclic amines) is 1. The van der Waals surface area contributed by atoms with Crippen molar-refractivity contribution in [1.29, 1.82) is 0 Å². The van der Waals surface area contributed by atoms with E-state index in [1.54, 1.807) is 7.11 Å². The molecule has 1 aromatic carbocycles. The minimum Gasteiger partial charge on any atom is -0.383 e. The monoisotopic (exact) mass is 346 g/mol. The molecule has 0 aliphatic carbocycles. The van der Waals surface area contributed by atoms with Gasteiger partial charge in [-0.1, -0.05) is 31.2 Å². The summed E-state index contributed by atoms with van der Waals surface area (Å²) in [6.45, 7) is 10.9. The Morgan fingerprint density at radius 2 is 2.00 bits per heavy atom. The van der Waals surface area contributed by atoms with Gasteiger partial charge >= 0.3 is 0 Å². The van der Waals surface area contributed by atoms with Crippen molar-refractivity contribution in [3.8, 4) is 0 Å². The summed E-state index contributed by atoms with van der Waals surface area (Å²) in [5.74, 6) is 1.67. The van der Waals surface area contributed by atoms with Gasteiger partial charge in [0.05, 0.1) is 13.2 Å². The van der Waals surface area contributed by atoms with Crippen LogP contribution in [-0.2, 0) is 17.8 Å². The van der Waals surface area contributed by atoms with Crippen LogP contribution in [0.2, 0.25) is 0 Å². The predicted octanol–water partition coefficient (Wildman–Crippen LogP) is 2.62. The molecule has 5 nitrogen and oxygen atoms in total. The largest absolute Gasteiger partial charge is 0.383 e. The molecular weight excluding hydrogens is 312 g/mol. The Hall–Kier alpha value is -1.59. The van der Waals surface area contributed by atoms with Crippen molar-refractivity contribution < 1.29 is 4.74 Å². The zero-order chi connectivity index (χ0) is 17.9. The van der Waals surface area contributed by atoms with Crippen LogP contribution in [0.1, 0.15) is 37.8 Å². The van der Waals surface area contributed by atoms with Gasteiger partial charge in [0.2, 0.25) is 0 Å². The highest BCUT2D eigenvalue weighted by Crippen LogP contribution is 2.18. The maximum atomic E-state index is 5.07. The van der Waals surface area contributed by atoms with E-state index in [-0.39, 0.29) is 0 Å². The Kier molecular flexibility index (Phi) is 8.77. The van der Waals surface area contributed by atoms with Crippen molar-refractivity contribution in [3.05, 3.63) is 35.4 Å². The predicted molar refractivity (Wildman–Crippen MR) is 105 cm³/mol. The van der Waals surface area contributed by atoms with E-state index < -0.39 is 0 Å². The smallest absolute Gasteiger partial charge is 0.191 e. The number of nitrogens with zero attached hydrogens (tertiary/aromatic N) is 2. The molecule has 0 amide bonds. The molecule has 0 radical (unpaired) electrons. The highest BCUT2D eigenvalue weighted by Gasteiger charge is 2.15. The molecule has 140 valence electrons. The molecule has 1 fully saturated rings. The average Bonchev–Trinajstić information content (AvgIpc) is 2.61. The van der Waals surface area contributed by atoms with Crippen LogP contribution in [0.25, 0.3) is 0 Å². The van der Waals surface area contributed by atoms with Crippen LogP contribution in [0.4, 0.5) is 0 Å². The summed E-state index contributed by atoms with van der Waals surface area (Å²) in [5, 5.41) is 6.53. The zero-order valence-corrected chi connectivity index (χ0v) is 16.1. The van der Waals surface area contributed by atoms with Gasteiger partial charge in [0, 0.05) is 33.3 Å². The zero-order valence-electron chi connectivity index (χ0n) is 16.1. The first-order chi connectivity index (χ1) is 12.2. The van der Waals surface area contributed by atoms with Crippen LogP contribution in [-0.4, -0.2) is 50.8 Å².